The normalized spacial score (nSPS) is 11.6. The van der Waals surface area contributed by atoms with Gasteiger partial charge in [-0.15, -0.1) is 0 Å². The Morgan fingerprint density at radius 3 is 2.05 bits per heavy atom. The third kappa shape index (κ3) is 5.10. The number of fused-ring (bicyclic) bond motifs is 1. The molecule has 0 saturated heterocycles. The van der Waals surface area contributed by atoms with Crippen LogP contribution in [0.25, 0.3) is 16.6 Å². The van der Waals surface area contributed by atoms with Crippen molar-refractivity contribution in [1.82, 2.24) is 8.75 Å². The van der Waals surface area contributed by atoms with E-state index in [4.69, 9.17) is 18.9 Å². The third-order valence-corrected chi connectivity index (χ3v) is 6.38. The zero-order valence-corrected chi connectivity index (χ0v) is 21.4. The van der Waals surface area contributed by atoms with Crippen LogP contribution >= 0.6 is 11.7 Å². The second-order valence-electron chi connectivity index (χ2n) is 7.86. The van der Waals surface area contributed by atoms with Crippen molar-refractivity contribution in [3.63, 3.8) is 0 Å². The molecule has 3 aromatic carbocycles. The average molecular weight is 521 g/mol. The van der Waals surface area contributed by atoms with Crippen LogP contribution in [0.5, 0.6) is 23.0 Å². The zero-order valence-electron chi connectivity index (χ0n) is 20.6. The Labute approximate surface area is 217 Å². The first-order valence-corrected chi connectivity index (χ1v) is 11.8. The van der Waals surface area contributed by atoms with Crippen molar-refractivity contribution in [2.24, 2.45) is 0 Å². The predicted molar refractivity (Wildman–Crippen MR) is 139 cm³/mol. The number of methoxy groups -OCH3 is 4. The molecule has 1 N–H and O–H groups in total. The topological polar surface area (TPSA) is 117 Å². The van der Waals surface area contributed by atoms with Crippen LogP contribution in [-0.4, -0.2) is 54.0 Å². The Balaban J connectivity index is 1.97. The number of aliphatic carboxylic acids is 1. The molecule has 0 bridgehead atoms. The Morgan fingerprint density at radius 2 is 1.43 bits per heavy atom. The number of ketones is 1. The first-order chi connectivity index (χ1) is 17.9. The van der Waals surface area contributed by atoms with E-state index in [1.54, 1.807) is 42.5 Å². The molecule has 0 fully saturated rings. The molecule has 0 radical (unpaired) electrons. The van der Waals surface area contributed by atoms with Gasteiger partial charge in [-0.05, 0) is 41.5 Å². The number of hydrogen-bond donors (Lipinski definition) is 1. The minimum absolute atomic E-state index is 0.00546. The van der Waals surface area contributed by atoms with Crippen LogP contribution in [0.1, 0.15) is 21.5 Å². The lowest BCUT2D eigenvalue weighted by Crippen LogP contribution is -2.15. The number of para-hydroxylation sites is 1. The number of benzene rings is 3. The number of nitrogens with zero attached hydrogens (tertiary/aromatic N) is 2. The minimum atomic E-state index is -1.26. The summed E-state index contributed by atoms with van der Waals surface area (Å²) in [7, 11) is 5.86. The zero-order chi connectivity index (χ0) is 26.5. The van der Waals surface area contributed by atoms with Crippen molar-refractivity contribution in [2.75, 3.05) is 28.4 Å². The second-order valence-corrected chi connectivity index (χ2v) is 8.39. The van der Waals surface area contributed by atoms with Crippen LogP contribution in [0.15, 0.2) is 60.2 Å². The number of carbonyl (C=O) groups is 2. The van der Waals surface area contributed by atoms with Gasteiger partial charge >= 0.3 is 5.97 Å². The summed E-state index contributed by atoms with van der Waals surface area (Å²) in [4.78, 5) is 26.8. The van der Waals surface area contributed by atoms with E-state index < -0.39 is 11.8 Å². The molecule has 10 heteroatoms. The molecule has 4 rings (SSSR count). The Kier molecular flexibility index (Phi) is 7.69. The first-order valence-electron chi connectivity index (χ1n) is 11.1. The van der Waals surface area contributed by atoms with Gasteiger partial charge in [-0.1, -0.05) is 24.3 Å². The van der Waals surface area contributed by atoms with Crippen molar-refractivity contribution >= 4 is 40.1 Å². The smallest absolute Gasteiger partial charge is 0.336 e. The van der Waals surface area contributed by atoms with Crippen molar-refractivity contribution in [2.45, 2.75) is 6.42 Å². The van der Waals surface area contributed by atoms with Gasteiger partial charge in [-0.2, -0.15) is 8.75 Å². The van der Waals surface area contributed by atoms with E-state index in [1.807, 2.05) is 0 Å². The van der Waals surface area contributed by atoms with E-state index in [2.05, 4.69) is 8.75 Å². The van der Waals surface area contributed by atoms with E-state index in [1.165, 1.54) is 40.6 Å². The largest absolute Gasteiger partial charge is 0.496 e. The van der Waals surface area contributed by atoms with Gasteiger partial charge in [0, 0.05) is 17.6 Å². The molecule has 37 heavy (non-hydrogen) atoms. The molecular weight excluding hydrogens is 496 g/mol. The van der Waals surface area contributed by atoms with Crippen LogP contribution in [0.2, 0.25) is 0 Å². The van der Waals surface area contributed by atoms with E-state index in [9.17, 15) is 14.7 Å². The summed E-state index contributed by atoms with van der Waals surface area (Å²) in [6, 6.07) is 15.1. The van der Waals surface area contributed by atoms with Crippen molar-refractivity contribution < 1.29 is 33.6 Å². The maximum atomic E-state index is 14.1. The molecule has 1 heterocycles. The van der Waals surface area contributed by atoms with Crippen LogP contribution in [0.4, 0.5) is 0 Å². The van der Waals surface area contributed by atoms with Gasteiger partial charge in [0.15, 0.2) is 17.3 Å². The molecule has 0 amide bonds. The molecule has 0 saturated carbocycles. The molecule has 0 aliphatic heterocycles. The van der Waals surface area contributed by atoms with Gasteiger partial charge in [0.1, 0.15) is 16.8 Å². The molecule has 9 nitrogen and oxygen atoms in total. The molecule has 190 valence electrons. The molecular formula is C27H24N2O7S. The van der Waals surface area contributed by atoms with Crippen molar-refractivity contribution in [3.8, 4) is 23.0 Å². The lowest BCUT2D eigenvalue weighted by atomic mass is 9.89. The number of carbonyl (C=O) groups excluding carboxylic acids is 1. The number of aromatic nitrogens is 2. The Bertz CT molecular complexity index is 1480. The summed E-state index contributed by atoms with van der Waals surface area (Å²) < 4.78 is 30.1. The molecule has 0 aliphatic rings. The summed E-state index contributed by atoms with van der Waals surface area (Å²) in [5.74, 6) is -0.381. The second kappa shape index (κ2) is 11.1. The number of ether oxygens (including phenoxy) is 4. The molecule has 0 aliphatic carbocycles. The number of rotatable bonds is 10. The monoisotopic (exact) mass is 520 g/mol. The van der Waals surface area contributed by atoms with Crippen LogP contribution < -0.4 is 18.9 Å². The van der Waals surface area contributed by atoms with Crippen LogP contribution in [-0.2, 0) is 11.2 Å². The highest BCUT2D eigenvalue weighted by Gasteiger charge is 2.27. The van der Waals surface area contributed by atoms with E-state index in [0.29, 0.717) is 33.7 Å². The minimum Gasteiger partial charge on any atom is -0.496 e. The van der Waals surface area contributed by atoms with Crippen LogP contribution in [0, 0.1) is 0 Å². The van der Waals surface area contributed by atoms with Gasteiger partial charge in [-0.3, -0.25) is 4.79 Å². The highest BCUT2D eigenvalue weighted by atomic mass is 32.1. The molecule has 4 aromatic rings. The molecule has 1 aromatic heterocycles. The number of carboxylic acid groups (broad SMARTS) is 1. The number of hydrogen-bond acceptors (Lipinski definition) is 9. The summed E-state index contributed by atoms with van der Waals surface area (Å²) in [6.45, 7) is 0. The number of allylic oxidation sites excluding steroid dienone is 1. The maximum Gasteiger partial charge on any atom is 0.336 e. The lowest BCUT2D eigenvalue weighted by Gasteiger charge is -2.17. The molecule has 0 atom stereocenters. The lowest BCUT2D eigenvalue weighted by molar-refractivity contribution is -0.130. The summed E-state index contributed by atoms with van der Waals surface area (Å²) >= 11 is 1.03. The van der Waals surface area contributed by atoms with Gasteiger partial charge < -0.3 is 24.1 Å². The van der Waals surface area contributed by atoms with E-state index in [-0.39, 0.29) is 34.6 Å². The fourth-order valence-corrected chi connectivity index (χ4v) is 4.59. The summed E-state index contributed by atoms with van der Waals surface area (Å²) in [5, 5.41) is 10.4. The predicted octanol–water partition coefficient (Wildman–Crippen LogP) is 4.69. The first kappa shape index (κ1) is 25.6. The Hall–Kier alpha value is -4.44. The highest BCUT2D eigenvalue weighted by Crippen LogP contribution is 2.39. The average Bonchev–Trinajstić information content (AvgIpc) is 3.39. The van der Waals surface area contributed by atoms with Crippen molar-refractivity contribution in [3.05, 3.63) is 76.9 Å². The fraction of sp³-hybridized carbons (Fsp3) is 0.185. The van der Waals surface area contributed by atoms with E-state index in [0.717, 1.165) is 11.7 Å². The van der Waals surface area contributed by atoms with Gasteiger partial charge in [-0.25, -0.2) is 4.79 Å². The van der Waals surface area contributed by atoms with Gasteiger partial charge in [0.2, 0.25) is 5.75 Å². The quantitative estimate of drug-likeness (QED) is 0.235. The molecule has 0 spiro atoms. The van der Waals surface area contributed by atoms with Gasteiger partial charge in [0.05, 0.1) is 45.7 Å². The van der Waals surface area contributed by atoms with Crippen LogP contribution in [0.3, 0.4) is 0 Å². The standard InChI is InChI=1S/C27H24N2O7S/c1-33-21-8-6-5-7-15(21)11-18(24(27(31)32)16-9-10-19-20(12-16)29-37-28-19)25(30)17-13-22(34-2)26(36-4)23(14-17)35-3/h5-10,12-14H,11H2,1-4H3,(H,31,32)/b24-18+. The third-order valence-electron chi connectivity index (χ3n) is 5.82. The Morgan fingerprint density at radius 1 is 0.784 bits per heavy atom. The highest BCUT2D eigenvalue weighted by molar-refractivity contribution is 7.00. The number of carboxylic acids is 1. The van der Waals surface area contributed by atoms with Gasteiger partial charge in [0.25, 0.3) is 0 Å². The summed E-state index contributed by atoms with van der Waals surface area (Å²) in [6.07, 6.45) is -0.00546. The SMILES string of the molecule is COc1ccccc1C/C(C(=O)c1cc(OC)c(OC)c(OC)c1)=C(\C(=O)O)c1ccc2nsnc2c1. The molecule has 0 unspecified atom stereocenters. The summed E-state index contributed by atoms with van der Waals surface area (Å²) in [5.41, 5.74) is 2.23. The maximum absolute atomic E-state index is 14.1. The van der Waals surface area contributed by atoms with Crippen molar-refractivity contribution in [1.29, 1.82) is 0 Å². The fourth-order valence-electron chi connectivity index (χ4n) is 4.07. The van der Waals surface area contributed by atoms with E-state index >= 15 is 0 Å². The number of Topliss-reactive ketones (excluding diaryl/α,β-unsaturated/α-hetero) is 1.